The number of nitrogens with zero attached hydrogens (tertiary/aromatic N) is 1. The maximum atomic E-state index is 13.1. The van der Waals surface area contributed by atoms with Crippen LogP contribution in [-0.2, 0) is 14.8 Å². The normalized spacial score (nSPS) is 13.6. The Labute approximate surface area is 173 Å². The van der Waals surface area contributed by atoms with E-state index in [1.54, 1.807) is 31.2 Å². The van der Waals surface area contributed by atoms with Gasteiger partial charge >= 0.3 is 0 Å². The van der Waals surface area contributed by atoms with Crippen LogP contribution in [0, 0.1) is 5.92 Å². The van der Waals surface area contributed by atoms with Gasteiger partial charge in [0, 0.05) is 6.07 Å². The Morgan fingerprint density at radius 3 is 2.28 bits per heavy atom. The van der Waals surface area contributed by atoms with Crippen molar-refractivity contribution in [2.24, 2.45) is 5.92 Å². The van der Waals surface area contributed by atoms with Crippen molar-refractivity contribution >= 4 is 21.6 Å². The fraction of sp³-hybridized carbons (Fsp3) is 0.409. The highest BCUT2D eigenvalue weighted by Gasteiger charge is 2.31. The number of hydrogen-bond donors (Lipinski definition) is 1. The summed E-state index contributed by atoms with van der Waals surface area (Å²) in [6, 6.07) is 15.3. The molecule has 158 valence electrons. The fourth-order valence-electron chi connectivity index (χ4n) is 3.28. The molecule has 1 N–H and O–H groups in total. The molecular formula is C22H30N2O4S. The summed E-state index contributed by atoms with van der Waals surface area (Å²) in [7, 11) is -2.18. The van der Waals surface area contributed by atoms with Gasteiger partial charge in [0.25, 0.3) is 0 Å². The molecule has 29 heavy (non-hydrogen) atoms. The smallest absolute Gasteiger partial charge is 0.244 e. The average Bonchev–Trinajstić information content (AvgIpc) is 2.67. The summed E-state index contributed by atoms with van der Waals surface area (Å²) < 4.78 is 31.4. The Balaban J connectivity index is 2.32. The molecule has 0 aliphatic heterocycles. The molecule has 0 spiro atoms. The molecule has 7 heteroatoms. The molecule has 2 rings (SSSR count). The van der Waals surface area contributed by atoms with Crippen LogP contribution >= 0.6 is 0 Å². The van der Waals surface area contributed by atoms with E-state index in [0.29, 0.717) is 17.4 Å². The monoisotopic (exact) mass is 418 g/mol. The van der Waals surface area contributed by atoms with E-state index in [4.69, 9.17) is 4.74 Å². The summed E-state index contributed by atoms with van der Waals surface area (Å²) >= 11 is 0. The van der Waals surface area contributed by atoms with Gasteiger partial charge < -0.3 is 10.1 Å². The largest absolute Gasteiger partial charge is 0.497 e. The number of ether oxygens (including phenoxy) is 1. The second-order valence-electron chi connectivity index (χ2n) is 7.54. The molecule has 6 nitrogen and oxygen atoms in total. The van der Waals surface area contributed by atoms with Gasteiger partial charge in [-0.1, -0.05) is 50.2 Å². The molecule has 0 unspecified atom stereocenters. The van der Waals surface area contributed by atoms with E-state index in [1.165, 1.54) is 7.11 Å². The number of sulfonamides is 1. The lowest BCUT2D eigenvalue weighted by Gasteiger charge is -2.30. The molecule has 2 atom stereocenters. The summed E-state index contributed by atoms with van der Waals surface area (Å²) in [6.45, 7) is 5.77. The number of amides is 1. The molecule has 0 bridgehead atoms. The Morgan fingerprint density at radius 1 is 1.07 bits per heavy atom. The maximum absolute atomic E-state index is 13.1. The van der Waals surface area contributed by atoms with Gasteiger partial charge in [0.1, 0.15) is 11.8 Å². The van der Waals surface area contributed by atoms with Crippen LogP contribution in [0.2, 0.25) is 0 Å². The number of hydrogen-bond acceptors (Lipinski definition) is 4. The van der Waals surface area contributed by atoms with Gasteiger partial charge in [-0.15, -0.1) is 0 Å². The second-order valence-corrected chi connectivity index (χ2v) is 9.40. The lowest BCUT2D eigenvalue weighted by atomic mass is 9.96. The van der Waals surface area contributed by atoms with E-state index < -0.39 is 16.1 Å². The van der Waals surface area contributed by atoms with E-state index in [2.05, 4.69) is 19.2 Å². The molecule has 2 aromatic carbocycles. The predicted octanol–water partition coefficient (Wildman–Crippen LogP) is 3.75. The molecule has 1 amide bonds. The number of benzene rings is 2. The Bertz CT molecular complexity index is 913. The minimum atomic E-state index is -3.69. The number of nitrogens with one attached hydrogen (secondary N) is 1. The van der Waals surface area contributed by atoms with Gasteiger partial charge in [-0.3, -0.25) is 9.10 Å². The summed E-state index contributed by atoms with van der Waals surface area (Å²) in [5.74, 6) is 0.527. The SMILES string of the molecule is COc1cccc(N([C@H](C)C(=O)N[C@H](CC(C)C)c2ccccc2)S(C)(=O)=O)c1. The Hall–Kier alpha value is -2.54. The lowest BCUT2D eigenvalue weighted by Crippen LogP contribution is -2.48. The fourth-order valence-corrected chi connectivity index (χ4v) is 4.45. The third-order valence-electron chi connectivity index (χ3n) is 4.62. The van der Waals surface area contributed by atoms with Crippen LogP contribution in [0.3, 0.4) is 0 Å². The standard InChI is InChI=1S/C22H30N2O4S/c1-16(2)14-21(18-10-7-6-8-11-18)23-22(25)17(3)24(29(5,26)27)19-12-9-13-20(15-19)28-4/h6-13,15-17,21H,14H2,1-5H3,(H,23,25)/t17-,21-/m1/s1. The number of carbonyl (C=O) groups excluding carboxylic acids is 1. The first-order valence-electron chi connectivity index (χ1n) is 9.62. The summed E-state index contributed by atoms with van der Waals surface area (Å²) in [6.07, 6.45) is 1.85. The van der Waals surface area contributed by atoms with Crippen molar-refractivity contribution in [1.29, 1.82) is 0 Å². The van der Waals surface area contributed by atoms with Crippen molar-refractivity contribution in [3.8, 4) is 5.75 Å². The molecule has 0 heterocycles. The third-order valence-corrected chi connectivity index (χ3v) is 5.86. The van der Waals surface area contributed by atoms with E-state index in [1.807, 2.05) is 30.3 Å². The number of carbonyl (C=O) groups is 1. The average molecular weight is 419 g/mol. The molecule has 0 saturated heterocycles. The number of rotatable bonds is 9. The summed E-state index contributed by atoms with van der Waals surface area (Å²) in [4.78, 5) is 13.1. The Kier molecular flexibility index (Phi) is 7.67. The third kappa shape index (κ3) is 6.22. The molecule has 2 aromatic rings. The van der Waals surface area contributed by atoms with Crippen molar-refractivity contribution < 1.29 is 17.9 Å². The zero-order valence-corrected chi connectivity index (χ0v) is 18.4. The highest BCUT2D eigenvalue weighted by molar-refractivity contribution is 7.92. The van der Waals surface area contributed by atoms with Crippen LogP contribution < -0.4 is 14.4 Å². The molecule has 0 aromatic heterocycles. The maximum Gasteiger partial charge on any atom is 0.244 e. The van der Waals surface area contributed by atoms with Crippen LogP contribution in [0.5, 0.6) is 5.75 Å². The van der Waals surface area contributed by atoms with Crippen molar-refractivity contribution in [2.45, 2.75) is 39.3 Å². The molecule has 0 saturated carbocycles. The summed E-state index contributed by atoms with van der Waals surface area (Å²) in [5.41, 5.74) is 1.38. The zero-order valence-electron chi connectivity index (χ0n) is 17.6. The van der Waals surface area contributed by atoms with Gasteiger partial charge in [0.15, 0.2) is 0 Å². The number of anilines is 1. The van der Waals surface area contributed by atoms with Gasteiger partial charge in [-0.25, -0.2) is 8.42 Å². The van der Waals surface area contributed by atoms with Crippen LogP contribution in [0.4, 0.5) is 5.69 Å². The van der Waals surface area contributed by atoms with Crippen LogP contribution in [0.25, 0.3) is 0 Å². The molecular weight excluding hydrogens is 388 g/mol. The molecule has 0 radical (unpaired) electrons. The molecule has 0 aliphatic carbocycles. The topological polar surface area (TPSA) is 75.7 Å². The van der Waals surface area contributed by atoms with Crippen molar-refractivity contribution in [3.63, 3.8) is 0 Å². The predicted molar refractivity (Wildman–Crippen MR) is 117 cm³/mol. The zero-order chi connectivity index (χ0) is 21.6. The van der Waals surface area contributed by atoms with Gasteiger partial charge in [0.2, 0.25) is 15.9 Å². The van der Waals surface area contributed by atoms with E-state index in [0.717, 1.165) is 22.5 Å². The lowest BCUT2D eigenvalue weighted by molar-refractivity contribution is -0.122. The second kappa shape index (κ2) is 9.78. The molecule has 0 fully saturated rings. The highest BCUT2D eigenvalue weighted by Crippen LogP contribution is 2.26. The van der Waals surface area contributed by atoms with E-state index in [-0.39, 0.29) is 11.9 Å². The van der Waals surface area contributed by atoms with Crippen LogP contribution in [-0.4, -0.2) is 33.7 Å². The summed E-state index contributed by atoms with van der Waals surface area (Å²) in [5, 5.41) is 3.04. The van der Waals surface area contributed by atoms with Crippen molar-refractivity contribution in [3.05, 3.63) is 60.2 Å². The van der Waals surface area contributed by atoms with Crippen molar-refractivity contribution in [2.75, 3.05) is 17.7 Å². The van der Waals surface area contributed by atoms with Crippen LogP contribution in [0.1, 0.15) is 38.8 Å². The van der Waals surface area contributed by atoms with Crippen molar-refractivity contribution in [1.82, 2.24) is 5.32 Å². The highest BCUT2D eigenvalue weighted by atomic mass is 32.2. The first-order valence-corrected chi connectivity index (χ1v) is 11.5. The first-order chi connectivity index (χ1) is 13.6. The van der Waals surface area contributed by atoms with Crippen LogP contribution in [0.15, 0.2) is 54.6 Å². The minimum Gasteiger partial charge on any atom is -0.497 e. The molecule has 0 aliphatic rings. The number of methoxy groups -OCH3 is 1. The first kappa shape index (κ1) is 22.7. The Morgan fingerprint density at radius 2 is 1.72 bits per heavy atom. The van der Waals surface area contributed by atoms with Gasteiger partial charge in [-0.05, 0) is 37.0 Å². The minimum absolute atomic E-state index is 0.196. The van der Waals surface area contributed by atoms with E-state index in [9.17, 15) is 13.2 Å². The van der Waals surface area contributed by atoms with Gasteiger partial charge in [-0.2, -0.15) is 0 Å². The quantitative estimate of drug-likeness (QED) is 0.673. The van der Waals surface area contributed by atoms with E-state index >= 15 is 0 Å². The van der Waals surface area contributed by atoms with Gasteiger partial charge in [0.05, 0.1) is 25.1 Å².